The quantitative estimate of drug-likeness (QED) is 0.478. The van der Waals surface area contributed by atoms with Crippen molar-refractivity contribution in [3.05, 3.63) is 10.9 Å². The first-order valence-corrected chi connectivity index (χ1v) is 7.63. The van der Waals surface area contributed by atoms with Gasteiger partial charge in [-0.3, -0.25) is 5.43 Å². The van der Waals surface area contributed by atoms with Crippen molar-refractivity contribution in [3.63, 3.8) is 0 Å². The van der Waals surface area contributed by atoms with Crippen molar-refractivity contribution in [1.29, 1.82) is 0 Å². The molecule has 6 nitrogen and oxygen atoms in total. The standard InChI is InChI=1S/C13H19N5OS/c1-2-8-5-9-10(15-6-13(7-19)3-4-13)16-12(18-14)17-11(9)20-8/h5,19H,2-4,6-7,14H2,1H3,(H2,15,16,17,18). The number of rotatable bonds is 6. The Morgan fingerprint density at radius 3 is 2.85 bits per heavy atom. The molecule has 0 unspecified atom stereocenters. The number of nitrogen functional groups attached to an aromatic ring is 1. The molecule has 0 spiro atoms. The molecule has 1 fully saturated rings. The van der Waals surface area contributed by atoms with E-state index in [9.17, 15) is 5.11 Å². The van der Waals surface area contributed by atoms with Gasteiger partial charge < -0.3 is 10.4 Å². The van der Waals surface area contributed by atoms with E-state index < -0.39 is 0 Å². The molecule has 20 heavy (non-hydrogen) atoms. The number of thiophene rings is 1. The average molecular weight is 293 g/mol. The van der Waals surface area contributed by atoms with Gasteiger partial charge in [-0.1, -0.05) is 6.92 Å². The highest BCUT2D eigenvalue weighted by Crippen LogP contribution is 2.45. The first kappa shape index (κ1) is 13.5. The second-order valence-electron chi connectivity index (χ2n) is 5.34. The van der Waals surface area contributed by atoms with Crippen LogP contribution in [0.15, 0.2) is 6.07 Å². The monoisotopic (exact) mass is 293 g/mol. The molecule has 3 rings (SSSR count). The number of aryl methyl sites for hydroxylation is 1. The Kier molecular flexibility index (Phi) is 3.49. The summed E-state index contributed by atoms with van der Waals surface area (Å²) in [4.78, 5) is 11.0. The second-order valence-corrected chi connectivity index (χ2v) is 6.45. The van der Waals surface area contributed by atoms with Crippen LogP contribution in [0, 0.1) is 5.41 Å². The molecule has 0 aromatic carbocycles. The molecule has 0 amide bonds. The van der Waals surface area contributed by atoms with E-state index in [1.807, 2.05) is 0 Å². The smallest absolute Gasteiger partial charge is 0.240 e. The lowest BCUT2D eigenvalue weighted by molar-refractivity contribution is 0.219. The van der Waals surface area contributed by atoms with Crippen molar-refractivity contribution >= 4 is 33.3 Å². The van der Waals surface area contributed by atoms with E-state index in [-0.39, 0.29) is 12.0 Å². The highest BCUT2D eigenvalue weighted by atomic mass is 32.1. The van der Waals surface area contributed by atoms with Gasteiger partial charge in [0.05, 0.1) is 12.0 Å². The van der Waals surface area contributed by atoms with Crippen LogP contribution in [0.1, 0.15) is 24.6 Å². The summed E-state index contributed by atoms with van der Waals surface area (Å²) in [5, 5.41) is 13.8. The summed E-state index contributed by atoms with van der Waals surface area (Å²) in [7, 11) is 0. The Bertz CT molecular complexity index is 622. The highest BCUT2D eigenvalue weighted by Gasteiger charge is 2.41. The molecule has 2 aromatic heterocycles. The van der Waals surface area contributed by atoms with E-state index in [0.29, 0.717) is 5.95 Å². The maximum Gasteiger partial charge on any atom is 0.240 e. The summed E-state index contributed by atoms with van der Waals surface area (Å²) in [6.07, 6.45) is 3.11. The topological polar surface area (TPSA) is 96.1 Å². The minimum Gasteiger partial charge on any atom is -0.396 e. The van der Waals surface area contributed by atoms with Gasteiger partial charge in [0, 0.05) is 16.8 Å². The fourth-order valence-electron chi connectivity index (χ4n) is 2.18. The third-order valence-corrected chi connectivity index (χ3v) is 5.02. The fourth-order valence-corrected chi connectivity index (χ4v) is 3.15. The number of anilines is 2. The molecule has 0 radical (unpaired) electrons. The van der Waals surface area contributed by atoms with Gasteiger partial charge >= 0.3 is 0 Å². The van der Waals surface area contributed by atoms with Crippen molar-refractivity contribution < 1.29 is 5.11 Å². The molecular formula is C13H19N5OS. The van der Waals surface area contributed by atoms with Gasteiger partial charge in [-0.05, 0) is 25.3 Å². The zero-order valence-electron chi connectivity index (χ0n) is 11.4. The third kappa shape index (κ3) is 2.44. The molecule has 2 aromatic rings. The Morgan fingerprint density at radius 2 is 2.25 bits per heavy atom. The van der Waals surface area contributed by atoms with Crippen LogP contribution >= 0.6 is 11.3 Å². The van der Waals surface area contributed by atoms with Crippen molar-refractivity contribution in [1.82, 2.24) is 9.97 Å². The van der Waals surface area contributed by atoms with Crippen molar-refractivity contribution in [3.8, 4) is 0 Å². The molecular weight excluding hydrogens is 274 g/mol. The maximum atomic E-state index is 9.39. The lowest BCUT2D eigenvalue weighted by Gasteiger charge is -2.14. The Balaban J connectivity index is 1.92. The fraction of sp³-hybridized carbons (Fsp3) is 0.538. The minimum atomic E-state index is 0.0389. The Hall–Kier alpha value is -1.44. The predicted molar refractivity (Wildman–Crippen MR) is 81.8 cm³/mol. The number of nitrogens with one attached hydrogen (secondary N) is 2. The summed E-state index contributed by atoms with van der Waals surface area (Å²) in [5.41, 5.74) is 2.55. The molecule has 1 aliphatic carbocycles. The molecule has 108 valence electrons. The van der Waals surface area contributed by atoms with Gasteiger partial charge in [0.25, 0.3) is 0 Å². The summed E-state index contributed by atoms with van der Waals surface area (Å²) < 4.78 is 0. The van der Waals surface area contributed by atoms with Crippen molar-refractivity contribution in [2.45, 2.75) is 26.2 Å². The zero-order chi connectivity index (χ0) is 14.2. The maximum absolute atomic E-state index is 9.39. The lowest BCUT2D eigenvalue weighted by atomic mass is 10.1. The van der Waals surface area contributed by atoms with Gasteiger partial charge in [-0.2, -0.15) is 4.98 Å². The van der Waals surface area contributed by atoms with Crippen LogP contribution in [0.4, 0.5) is 11.8 Å². The van der Waals surface area contributed by atoms with Crippen LogP contribution in [0.5, 0.6) is 0 Å². The molecule has 2 heterocycles. The first-order valence-electron chi connectivity index (χ1n) is 6.81. The van der Waals surface area contributed by atoms with E-state index in [1.54, 1.807) is 11.3 Å². The summed E-state index contributed by atoms with van der Waals surface area (Å²) >= 11 is 1.66. The van der Waals surface area contributed by atoms with E-state index in [4.69, 9.17) is 5.84 Å². The number of hydrogen-bond donors (Lipinski definition) is 4. The summed E-state index contributed by atoms with van der Waals surface area (Å²) in [6, 6.07) is 2.13. The third-order valence-electron chi connectivity index (χ3n) is 3.84. The largest absolute Gasteiger partial charge is 0.396 e. The number of aliphatic hydroxyl groups is 1. The van der Waals surface area contributed by atoms with Crippen molar-refractivity contribution in [2.75, 3.05) is 23.9 Å². The molecule has 5 N–H and O–H groups in total. The molecule has 0 saturated heterocycles. The zero-order valence-corrected chi connectivity index (χ0v) is 12.3. The van der Waals surface area contributed by atoms with Gasteiger partial charge in [-0.25, -0.2) is 10.8 Å². The van der Waals surface area contributed by atoms with E-state index in [1.165, 1.54) is 4.88 Å². The normalized spacial score (nSPS) is 16.4. The number of fused-ring (bicyclic) bond motifs is 1. The lowest BCUT2D eigenvalue weighted by Crippen LogP contribution is -2.20. The number of hydrazine groups is 1. The molecule has 7 heteroatoms. The van der Waals surface area contributed by atoms with Gasteiger partial charge in [0.15, 0.2) is 0 Å². The number of nitrogens with two attached hydrogens (primary N) is 1. The molecule has 0 atom stereocenters. The van der Waals surface area contributed by atoms with Crippen LogP contribution in [0.3, 0.4) is 0 Å². The SMILES string of the molecule is CCc1cc2c(NCC3(CO)CC3)nc(NN)nc2s1. The van der Waals surface area contributed by atoms with E-state index >= 15 is 0 Å². The first-order chi connectivity index (χ1) is 9.69. The second kappa shape index (κ2) is 5.16. The number of aliphatic hydroxyl groups excluding tert-OH is 1. The van der Waals surface area contributed by atoms with Crippen LogP contribution in [0.2, 0.25) is 0 Å². The number of hydrogen-bond acceptors (Lipinski definition) is 7. The Morgan fingerprint density at radius 1 is 1.45 bits per heavy atom. The van der Waals surface area contributed by atoms with Crippen LogP contribution in [0.25, 0.3) is 10.2 Å². The number of aromatic nitrogens is 2. The minimum absolute atomic E-state index is 0.0389. The van der Waals surface area contributed by atoms with Crippen molar-refractivity contribution in [2.24, 2.45) is 11.3 Å². The summed E-state index contributed by atoms with van der Waals surface area (Å²) in [5.74, 6) is 6.64. The molecule has 1 aliphatic rings. The highest BCUT2D eigenvalue weighted by molar-refractivity contribution is 7.18. The van der Waals surface area contributed by atoms with Gasteiger partial charge in [-0.15, -0.1) is 11.3 Å². The summed E-state index contributed by atoms with van der Waals surface area (Å²) in [6.45, 7) is 3.08. The Labute approximate surface area is 121 Å². The van der Waals surface area contributed by atoms with E-state index in [0.717, 1.165) is 41.8 Å². The number of nitrogens with zero attached hydrogens (tertiary/aromatic N) is 2. The van der Waals surface area contributed by atoms with Gasteiger partial charge in [0.1, 0.15) is 10.6 Å². The van der Waals surface area contributed by atoms with E-state index in [2.05, 4.69) is 33.7 Å². The van der Waals surface area contributed by atoms with Crippen LogP contribution < -0.4 is 16.6 Å². The molecule has 1 saturated carbocycles. The average Bonchev–Trinajstić information content (AvgIpc) is 3.14. The molecule has 0 bridgehead atoms. The van der Waals surface area contributed by atoms with Crippen LogP contribution in [-0.4, -0.2) is 28.2 Å². The molecule has 0 aliphatic heterocycles. The van der Waals surface area contributed by atoms with Gasteiger partial charge in [0.2, 0.25) is 5.95 Å². The predicted octanol–water partition coefficient (Wildman–Crippen LogP) is 1.72. The van der Waals surface area contributed by atoms with Crippen LogP contribution in [-0.2, 0) is 6.42 Å².